The summed E-state index contributed by atoms with van der Waals surface area (Å²) in [6.07, 6.45) is 4.78. The Labute approximate surface area is 179 Å². The minimum atomic E-state index is 0.139. The van der Waals surface area contributed by atoms with Gasteiger partial charge in [0.1, 0.15) is 24.4 Å². The van der Waals surface area contributed by atoms with Crippen LogP contribution in [-0.4, -0.2) is 0 Å². The van der Waals surface area contributed by atoms with E-state index in [0.717, 1.165) is 28.9 Å². The lowest BCUT2D eigenvalue weighted by molar-refractivity contribution is -0.659. The molecule has 0 fully saturated rings. The summed E-state index contributed by atoms with van der Waals surface area (Å²) in [5.74, 6) is 1.82. The molecule has 0 aliphatic carbocycles. The largest absolute Gasteiger partial charge is 0.460 e. The van der Waals surface area contributed by atoms with Gasteiger partial charge in [-0.05, 0) is 30.4 Å². The zero-order chi connectivity index (χ0) is 20.8. The van der Waals surface area contributed by atoms with Crippen LogP contribution in [0.5, 0.6) is 11.5 Å². The number of hydrogen-bond acceptors (Lipinski definition) is 3. The molecule has 0 N–H and O–H groups in total. The van der Waals surface area contributed by atoms with Gasteiger partial charge in [-0.3, -0.25) is 0 Å². The maximum atomic E-state index is 6.61. The number of fused-ring (bicyclic) bond motifs is 5. The zero-order valence-corrected chi connectivity index (χ0v) is 18.7. The molecule has 4 heterocycles. The number of aromatic nitrogens is 1. The standard InChI is InChI=1S/C26H24NO2S/c1-14-20-15-8-6-7-9-19(15)30-25(20)16(12-26(2,3)4)24-21(14)23-22-17(10-11-27(23)5)28-13-18(22)29-24/h6-11,13H,12H2,1-5H3/q+1. The van der Waals surface area contributed by atoms with Crippen LogP contribution in [0.2, 0.25) is 0 Å². The maximum absolute atomic E-state index is 6.61. The second-order valence-corrected chi connectivity index (χ2v) is 10.6. The number of ether oxygens (including phenoxy) is 1. The molecule has 1 aliphatic rings. The molecular formula is C26H24NO2S+. The fraction of sp³-hybridized carbons (Fsp3) is 0.269. The maximum Gasteiger partial charge on any atom is 0.231 e. The van der Waals surface area contributed by atoms with Crippen molar-refractivity contribution in [3.8, 4) is 22.8 Å². The molecule has 0 unspecified atom stereocenters. The molecule has 0 amide bonds. The number of thiophene rings is 1. The highest BCUT2D eigenvalue weighted by molar-refractivity contribution is 7.26. The number of rotatable bonds is 1. The average Bonchev–Trinajstić information content (AvgIpc) is 3.28. The number of aryl methyl sites for hydroxylation is 2. The van der Waals surface area contributed by atoms with E-state index in [1.807, 2.05) is 17.4 Å². The van der Waals surface area contributed by atoms with Crippen LogP contribution in [-0.2, 0) is 13.5 Å². The van der Waals surface area contributed by atoms with E-state index < -0.39 is 0 Å². The fourth-order valence-electron chi connectivity index (χ4n) is 4.90. The van der Waals surface area contributed by atoms with Crippen molar-refractivity contribution >= 4 is 42.5 Å². The van der Waals surface area contributed by atoms with Crippen molar-refractivity contribution < 1.29 is 13.7 Å². The SMILES string of the molecule is Cc1c2c(c(CC(C)(C)C)c3sc4ccccc4c13)Oc1coc3cc[n+](C)c-2c13. The third-order valence-corrected chi connectivity index (χ3v) is 7.33. The smallest absolute Gasteiger partial charge is 0.231 e. The van der Waals surface area contributed by atoms with Gasteiger partial charge in [-0.15, -0.1) is 11.3 Å². The number of benzene rings is 2. The predicted molar refractivity (Wildman–Crippen MR) is 124 cm³/mol. The Morgan fingerprint density at radius 3 is 2.67 bits per heavy atom. The molecule has 0 saturated heterocycles. The van der Waals surface area contributed by atoms with Gasteiger partial charge in [0.25, 0.3) is 0 Å². The Hall–Kier alpha value is -2.85. The summed E-state index contributed by atoms with van der Waals surface area (Å²) in [5, 5.41) is 3.76. The first-order valence-corrected chi connectivity index (χ1v) is 11.2. The third-order valence-electron chi connectivity index (χ3n) is 6.10. The molecule has 4 heteroatoms. The monoisotopic (exact) mass is 414 g/mol. The summed E-state index contributed by atoms with van der Waals surface area (Å²) in [7, 11) is 2.11. The van der Waals surface area contributed by atoms with Gasteiger partial charge >= 0.3 is 0 Å². The Bertz CT molecular complexity index is 1500. The van der Waals surface area contributed by atoms with E-state index in [0.29, 0.717) is 0 Å². The molecule has 0 saturated carbocycles. The normalized spacial score (nSPS) is 13.2. The van der Waals surface area contributed by atoms with Crippen molar-refractivity contribution in [2.75, 3.05) is 0 Å². The molecule has 3 nitrogen and oxygen atoms in total. The van der Waals surface area contributed by atoms with Gasteiger partial charge in [-0.2, -0.15) is 4.57 Å². The summed E-state index contributed by atoms with van der Waals surface area (Å²) >= 11 is 1.89. The first-order valence-electron chi connectivity index (χ1n) is 10.4. The molecule has 5 aromatic rings. The molecule has 6 rings (SSSR count). The summed E-state index contributed by atoms with van der Waals surface area (Å²) in [5.41, 5.74) is 5.99. The van der Waals surface area contributed by atoms with Crippen molar-refractivity contribution in [2.24, 2.45) is 12.5 Å². The highest BCUT2D eigenvalue weighted by Gasteiger charge is 2.36. The molecule has 30 heavy (non-hydrogen) atoms. The molecule has 1 aliphatic heterocycles. The van der Waals surface area contributed by atoms with Gasteiger partial charge in [0.05, 0.1) is 5.56 Å². The number of nitrogens with zero attached hydrogens (tertiary/aromatic N) is 1. The van der Waals surface area contributed by atoms with Crippen molar-refractivity contribution in [3.05, 3.63) is 53.9 Å². The van der Waals surface area contributed by atoms with Crippen molar-refractivity contribution in [1.29, 1.82) is 0 Å². The van der Waals surface area contributed by atoms with Crippen LogP contribution >= 0.6 is 11.3 Å². The van der Waals surface area contributed by atoms with Gasteiger partial charge in [0.15, 0.2) is 17.5 Å². The lowest BCUT2D eigenvalue weighted by Gasteiger charge is -2.25. The zero-order valence-electron chi connectivity index (χ0n) is 17.9. The highest BCUT2D eigenvalue weighted by atomic mass is 32.1. The molecule has 3 aromatic heterocycles. The number of pyridine rings is 1. The Kier molecular flexibility index (Phi) is 3.51. The second-order valence-electron chi connectivity index (χ2n) is 9.56. The quantitative estimate of drug-likeness (QED) is 0.264. The van der Waals surface area contributed by atoms with Crippen molar-refractivity contribution in [3.63, 3.8) is 0 Å². The van der Waals surface area contributed by atoms with Crippen LogP contribution in [0, 0.1) is 12.3 Å². The lowest BCUT2D eigenvalue weighted by Crippen LogP contribution is -2.31. The van der Waals surface area contributed by atoms with E-state index in [1.165, 1.54) is 42.6 Å². The number of hydrogen-bond donors (Lipinski definition) is 0. The van der Waals surface area contributed by atoms with Crippen LogP contribution in [0.3, 0.4) is 0 Å². The van der Waals surface area contributed by atoms with Crippen LogP contribution < -0.4 is 9.30 Å². The third kappa shape index (κ3) is 2.34. The average molecular weight is 415 g/mol. The van der Waals surface area contributed by atoms with Gasteiger partial charge < -0.3 is 9.15 Å². The van der Waals surface area contributed by atoms with E-state index in [-0.39, 0.29) is 5.41 Å². The molecule has 150 valence electrons. The van der Waals surface area contributed by atoms with Gasteiger partial charge in [-0.25, -0.2) is 0 Å². The van der Waals surface area contributed by atoms with E-state index in [9.17, 15) is 0 Å². The van der Waals surface area contributed by atoms with Crippen molar-refractivity contribution in [1.82, 2.24) is 0 Å². The van der Waals surface area contributed by atoms with Crippen molar-refractivity contribution in [2.45, 2.75) is 34.1 Å². The van der Waals surface area contributed by atoms with Crippen LogP contribution in [0.25, 0.3) is 42.4 Å². The first kappa shape index (κ1) is 18.0. The van der Waals surface area contributed by atoms with E-state index in [4.69, 9.17) is 9.15 Å². The Balaban J connectivity index is 1.85. The Morgan fingerprint density at radius 2 is 1.87 bits per heavy atom. The van der Waals surface area contributed by atoms with E-state index in [2.05, 4.69) is 69.8 Å². The summed E-state index contributed by atoms with van der Waals surface area (Å²) in [6, 6.07) is 10.8. The molecule has 0 radical (unpaired) electrons. The van der Waals surface area contributed by atoms with Gasteiger partial charge in [0.2, 0.25) is 5.69 Å². The molecule has 2 aromatic carbocycles. The first-order chi connectivity index (χ1) is 14.3. The lowest BCUT2D eigenvalue weighted by atomic mass is 9.84. The summed E-state index contributed by atoms with van der Waals surface area (Å²) < 4.78 is 17.3. The van der Waals surface area contributed by atoms with E-state index in [1.54, 1.807) is 6.26 Å². The number of furan rings is 1. The van der Waals surface area contributed by atoms with E-state index >= 15 is 0 Å². The molecule has 0 atom stereocenters. The minimum absolute atomic E-state index is 0.139. The van der Waals surface area contributed by atoms with Gasteiger partial charge in [-0.1, -0.05) is 39.0 Å². The highest BCUT2D eigenvalue weighted by Crippen LogP contribution is 2.54. The molecular weight excluding hydrogens is 390 g/mol. The minimum Gasteiger partial charge on any atom is -0.460 e. The van der Waals surface area contributed by atoms with Gasteiger partial charge in [0, 0.05) is 31.8 Å². The summed E-state index contributed by atoms with van der Waals surface area (Å²) in [6.45, 7) is 9.14. The van der Waals surface area contributed by atoms with Crippen LogP contribution in [0.4, 0.5) is 0 Å². The molecule has 0 spiro atoms. The predicted octanol–water partition coefficient (Wildman–Crippen LogP) is 7.29. The summed E-state index contributed by atoms with van der Waals surface area (Å²) in [4.78, 5) is 0. The van der Waals surface area contributed by atoms with Crippen LogP contribution in [0.1, 0.15) is 31.9 Å². The fourth-order valence-corrected chi connectivity index (χ4v) is 6.20. The topological polar surface area (TPSA) is 26.2 Å². The molecule has 0 bridgehead atoms. The van der Waals surface area contributed by atoms with Crippen LogP contribution in [0.15, 0.2) is 47.2 Å². The second kappa shape index (κ2) is 5.86. The Morgan fingerprint density at radius 1 is 1.07 bits per heavy atom.